The molecule has 0 spiro atoms. The van der Waals surface area contributed by atoms with Crippen molar-refractivity contribution in [1.82, 2.24) is 10.6 Å². The number of hydrogen-bond acceptors (Lipinski definition) is 3. The number of aliphatic hydroxyl groups excluding tert-OH is 1. The van der Waals surface area contributed by atoms with Crippen molar-refractivity contribution in [2.75, 3.05) is 20.2 Å². The normalized spacial score (nSPS) is 25.4. The first kappa shape index (κ1) is 13.5. The summed E-state index contributed by atoms with van der Waals surface area (Å²) in [5, 5.41) is 15.3. The van der Waals surface area contributed by atoms with Gasteiger partial charge in [-0.25, -0.2) is 0 Å². The van der Waals surface area contributed by atoms with Gasteiger partial charge in [-0.1, -0.05) is 12.8 Å². The fraction of sp³-hybridized carbons (Fsp3) is 0.917. The lowest BCUT2D eigenvalue weighted by molar-refractivity contribution is -0.122. The zero-order valence-corrected chi connectivity index (χ0v) is 10.2. The van der Waals surface area contributed by atoms with Crippen LogP contribution in [0.2, 0.25) is 0 Å². The van der Waals surface area contributed by atoms with E-state index in [-0.39, 0.29) is 24.5 Å². The number of carbonyl (C=O) groups excluding carboxylic acids is 1. The third-order valence-corrected chi connectivity index (χ3v) is 3.32. The van der Waals surface area contributed by atoms with Gasteiger partial charge in [-0.3, -0.25) is 4.79 Å². The number of nitrogens with one attached hydrogen (secondary N) is 2. The molecule has 1 rings (SSSR count). The SMILES string of the molecule is CNCCCC(=O)NC1CCCCC1CO. The standard InChI is InChI=1S/C12H24N2O2/c1-13-8-4-7-12(16)14-11-6-3-2-5-10(11)9-15/h10-11,13,15H,2-9H2,1H3,(H,14,16). The van der Waals surface area contributed by atoms with Gasteiger partial charge in [0.15, 0.2) is 0 Å². The van der Waals surface area contributed by atoms with Crippen LogP contribution in [0.1, 0.15) is 38.5 Å². The van der Waals surface area contributed by atoms with E-state index in [1.165, 1.54) is 6.42 Å². The summed E-state index contributed by atoms with van der Waals surface area (Å²) in [5.41, 5.74) is 0. The highest BCUT2D eigenvalue weighted by atomic mass is 16.3. The fourth-order valence-corrected chi connectivity index (χ4v) is 2.32. The van der Waals surface area contributed by atoms with E-state index in [2.05, 4.69) is 10.6 Å². The average molecular weight is 228 g/mol. The number of rotatable bonds is 6. The molecule has 94 valence electrons. The van der Waals surface area contributed by atoms with Crippen molar-refractivity contribution in [3.63, 3.8) is 0 Å². The van der Waals surface area contributed by atoms with Crippen molar-refractivity contribution in [3.05, 3.63) is 0 Å². The molecule has 3 N–H and O–H groups in total. The van der Waals surface area contributed by atoms with Gasteiger partial charge in [-0.15, -0.1) is 0 Å². The van der Waals surface area contributed by atoms with Gasteiger partial charge < -0.3 is 15.7 Å². The van der Waals surface area contributed by atoms with E-state index in [0.717, 1.165) is 32.2 Å². The second kappa shape index (κ2) is 7.63. The molecule has 0 aromatic heterocycles. The van der Waals surface area contributed by atoms with Crippen LogP contribution in [0.5, 0.6) is 0 Å². The summed E-state index contributed by atoms with van der Waals surface area (Å²) in [7, 11) is 1.89. The Balaban J connectivity index is 2.25. The summed E-state index contributed by atoms with van der Waals surface area (Å²) in [6, 6.07) is 0.195. The molecular weight excluding hydrogens is 204 g/mol. The molecule has 2 atom stereocenters. The monoisotopic (exact) mass is 228 g/mol. The molecule has 0 radical (unpaired) electrons. The summed E-state index contributed by atoms with van der Waals surface area (Å²) in [5.74, 6) is 0.391. The Morgan fingerprint density at radius 1 is 1.38 bits per heavy atom. The topological polar surface area (TPSA) is 61.4 Å². The molecule has 1 fully saturated rings. The minimum atomic E-state index is 0.126. The Bertz CT molecular complexity index is 209. The van der Waals surface area contributed by atoms with Gasteiger partial charge in [0.05, 0.1) is 0 Å². The quantitative estimate of drug-likeness (QED) is 0.585. The Kier molecular flexibility index (Phi) is 6.42. The van der Waals surface area contributed by atoms with Gasteiger partial charge in [-0.2, -0.15) is 0 Å². The van der Waals surface area contributed by atoms with Gasteiger partial charge >= 0.3 is 0 Å². The van der Waals surface area contributed by atoms with E-state index in [1.807, 2.05) is 7.05 Å². The molecule has 16 heavy (non-hydrogen) atoms. The molecule has 0 aromatic carbocycles. The molecule has 4 nitrogen and oxygen atoms in total. The van der Waals surface area contributed by atoms with Gasteiger partial charge in [0.2, 0.25) is 5.91 Å². The summed E-state index contributed by atoms with van der Waals surface area (Å²) in [4.78, 5) is 11.6. The molecule has 0 aliphatic heterocycles. The molecular formula is C12H24N2O2. The summed E-state index contributed by atoms with van der Waals surface area (Å²) < 4.78 is 0. The highest BCUT2D eigenvalue weighted by Gasteiger charge is 2.25. The Morgan fingerprint density at radius 3 is 2.81 bits per heavy atom. The van der Waals surface area contributed by atoms with Crippen LogP contribution in [0.25, 0.3) is 0 Å². The Labute approximate surface area is 97.8 Å². The van der Waals surface area contributed by atoms with Crippen LogP contribution in [0.4, 0.5) is 0 Å². The molecule has 0 saturated heterocycles. The van der Waals surface area contributed by atoms with Crippen molar-refractivity contribution in [2.24, 2.45) is 5.92 Å². The number of aliphatic hydroxyl groups is 1. The highest BCUT2D eigenvalue weighted by Crippen LogP contribution is 2.23. The lowest BCUT2D eigenvalue weighted by Gasteiger charge is -2.30. The van der Waals surface area contributed by atoms with Crippen LogP contribution in [-0.2, 0) is 4.79 Å². The largest absolute Gasteiger partial charge is 0.396 e. The van der Waals surface area contributed by atoms with E-state index in [0.29, 0.717) is 6.42 Å². The predicted molar refractivity (Wildman–Crippen MR) is 64.1 cm³/mol. The first-order valence-electron chi connectivity index (χ1n) is 6.32. The molecule has 1 saturated carbocycles. The average Bonchev–Trinajstić information content (AvgIpc) is 2.30. The summed E-state index contributed by atoms with van der Waals surface area (Å²) >= 11 is 0. The maximum Gasteiger partial charge on any atom is 0.220 e. The number of hydrogen-bond donors (Lipinski definition) is 3. The Morgan fingerprint density at radius 2 is 2.12 bits per heavy atom. The van der Waals surface area contributed by atoms with Crippen LogP contribution < -0.4 is 10.6 Å². The highest BCUT2D eigenvalue weighted by molar-refractivity contribution is 5.76. The molecule has 1 amide bonds. The number of carbonyl (C=O) groups is 1. The van der Waals surface area contributed by atoms with Crippen LogP contribution in [0, 0.1) is 5.92 Å². The molecule has 0 bridgehead atoms. The lowest BCUT2D eigenvalue weighted by atomic mass is 9.85. The van der Waals surface area contributed by atoms with Crippen LogP contribution >= 0.6 is 0 Å². The molecule has 4 heteroatoms. The van der Waals surface area contributed by atoms with Crippen molar-refractivity contribution in [2.45, 2.75) is 44.6 Å². The van der Waals surface area contributed by atoms with Crippen molar-refractivity contribution < 1.29 is 9.90 Å². The Hall–Kier alpha value is -0.610. The van der Waals surface area contributed by atoms with E-state index in [9.17, 15) is 9.90 Å². The van der Waals surface area contributed by atoms with E-state index >= 15 is 0 Å². The van der Waals surface area contributed by atoms with Gasteiger partial charge in [0.1, 0.15) is 0 Å². The second-order valence-corrected chi connectivity index (χ2v) is 4.61. The zero-order valence-electron chi connectivity index (χ0n) is 10.2. The third kappa shape index (κ3) is 4.49. The van der Waals surface area contributed by atoms with Crippen molar-refractivity contribution in [3.8, 4) is 0 Å². The van der Waals surface area contributed by atoms with E-state index in [1.54, 1.807) is 0 Å². The zero-order chi connectivity index (χ0) is 11.8. The number of amides is 1. The minimum Gasteiger partial charge on any atom is -0.396 e. The van der Waals surface area contributed by atoms with Crippen LogP contribution in [-0.4, -0.2) is 37.3 Å². The van der Waals surface area contributed by atoms with Crippen molar-refractivity contribution >= 4 is 5.91 Å². The van der Waals surface area contributed by atoms with Crippen molar-refractivity contribution in [1.29, 1.82) is 0 Å². The smallest absolute Gasteiger partial charge is 0.220 e. The van der Waals surface area contributed by atoms with E-state index < -0.39 is 0 Å². The van der Waals surface area contributed by atoms with Gasteiger partial charge in [-0.05, 0) is 32.9 Å². The first-order valence-corrected chi connectivity index (χ1v) is 6.32. The van der Waals surface area contributed by atoms with E-state index in [4.69, 9.17) is 0 Å². The molecule has 1 aliphatic carbocycles. The summed E-state index contributed by atoms with van der Waals surface area (Å²) in [6.07, 6.45) is 5.85. The molecule has 2 unspecified atom stereocenters. The molecule has 0 heterocycles. The minimum absolute atomic E-state index is 0.126. The first-order chi connectivity index (χ1) is 7.77. The molecule has 1 aliphatic rings. The lowest BCUT2D eigenvalue weighted by Crippen LogP contribution is -2.43. The molecule has 0 aromatic rings. The third-order valence-electron chi connectivity index (χ3n) is 3.32. The van der Waals surface area contributed by atoms with Crippen LogP contribution in [0.15, 0.2) is 0 Å². The van der Waals surface area contributed by atoms with Gasteiger partial charge in [0, 0.05) is 25.0 Å². The maximum absolute atomic E-state index is 11.6. The maximum atomic E-state index is 11.6. The summed E-state index contributed by atoms with van der Waals surface area (Å²) in [6.45, 7) is 1.07. The predicted octanol–water partition coefficient (Wildman–Crippen LogP) is 0.653. The van der Waals surface area contributed by atoms with Gasteiger partial charge in [0.25, 0.3) is 0 Å². The fourth-order valence-electron chi connectivity index (χ4n) is 2.32. The van der Waals surface area contributed by atoms with Crippen LogP contribution in [0.3, 0.4) is 0 Å². The second-order valence-electron chi connectivity index (χ2n) is 4.61.